The van der Waals surface area contributed by atoms with Crippen LogP contribution < -0.4 is 0 Å². The predicted molar refractivity (Wildman–Crippen MR) is 47.7 cm³/mol. The standard InChI is InChI=1S/C8H9N5O/c1-5(6(2)14)7-3-4-8-9-11-12-13(8)10-7/h3-5H,1-2H3. The second-order valence-electron chi connectivity index (χ2n) is 3.12. The van der Waals surface area contributed by atoms with Crippen LogP contribution in [-0.4, -0.2) is 31.0 Å². The highest BCUT2D eigenvalue weighted by molar-refractivity contribution is 5.82. The number of carbonyl (C=O) groups is 1. The molecule has 0 saturated carbocycles. The minimum Gasteiger partial charge on any atom is -0.299 e. The van der Waals surface area contributed by atoms with Crippen LogP contribution in [0.5, 0.6) is 0 Å². The van der Waals surface area contributed by atoms with E-state index < -0.39 is 0 Å². The maximum absolute atomic E-state index is 11.1. The maximum atomic E-state index is 11.1. The summed E-state index contributed by atoms with van der Waals surface area (Å²) in [4.78, 5) is 11.1. The molecule has 0 aromatic carbocycles. The van der Waals surface area contributed by atoms with Crippen LogP contribution in [0, 0.1) is 0 Å². The van der Waals surface area contributed by atoms with Gasteiger partial charge in [0.25, 0.3) is 0 Å². The molecule has 2 rings (SSSR count). The van der Waals surface area contributed by atoms with E-state index in [2.05, 4.69) is 20.6 Å². The van der Waals surface area contributed by atoms with E-state index in [-0.39, 0.29) is 11.7 Å². The molecule has 0 saturated heterocycles. The fourth-order valence-electron chi connectivity index (χ4n) is 1.10. The Hall–Kier alpha value is -1.85. The van der Waals surface area contributed by atoms with Gasteiger partial charge in [-0.25, -0.2) is 0 Å². The number of Topliss-reactive ketones (excluding diaryl/α,β-unsaturated/α-hetero) is 1. The Morgan fingerprint density at radius 3 is 3.00 bits per heavy atom. The molecular formula is C8H9N5O. The molecule has 0 aliphatic carbocycles. The first-order valence-electron chi connectivity index (χ1n) is 4.24. The quantitative estimate of drug-likeness (QED) is 0.678. The van der Waals surface area contributed by atoms with Crippen molar-refractivity contribution >= 4 is 11.4 Å². The molecule has 2 aromatic rings. The zero-order valence-corrected chi connectivity index (χ0v) is 7.88. The van der Waals surface area contributed by atoms with Crippen molar-refractivity contribution in [2.45, 2.75) is 19.8 Å². The summed E-state index contributed by atoms with van der Waals surface area (Å²) in [6.07, 6.45) is 0. The average Bonchev–Trinajstić information content (AvgIpc) is 2.62. The number of aromatic nitrogens is 5. The molecule has 6 nitrogen and oxygen atoms in total. The first-order chi connectivity index (χ1) is 6.68. The van der Waals surface area contributed by atoms with Crippen LogP contribution in [0.2, 0.25) is 0 Å². The smallest absolute Gasteiger partial charge is 0.199 e. The van der Waals surface area contributed by atoms with Gasteiger partial charge in [-0.15, -0.1) is 9.73 Å². The number of carbonyl (C=O) groups excluding carboxylic acids is 1. The first kappa shape index (κ1) is 8.74. The largest absolute Gasteiger partial charge is 0.299 e. The van der Waals surface area contributed by atoms with E-state index in [1.807, 2.05) is 0 Å². The third-order valence-corrected chi connectivity index (χ3v) is 2.14. The Labute approximate surface area is 79.9 Å². The highest BCUT2D eigenvalue weighted by Crippen LogP contribution is 2.12. The highest BCUT2D eigenvalue weighted by Gasteiger charge is 2.13. The van der Waals surface area contributed by atoms with E-state index in [1.165, 1.54) is 11.6 Å². The summed E-state index contributed by atoms with van der Waals surface area (Å²) in [5.74, 6) is -0.145. The summed E-state index contributed by atoms with van der Waals surface area (Å²) in [6.45, 7) is 3.34. The molecule has 1 unspecified atom stereocenters. The van der Waals surface area contributed by atoms with Gasteiger partial charge in [0.15, 0.2) is 5.65 Å². The van der Waals surface area contributed by atoms with Crippen molar-refractivity contribution in [3.63, 3.8) is 0 Å². The minimum absolute atomic E-state index is 0.0740. The van der Waals surface area contributed by atoms with E-state index in [9.17, 15) is 4.79 Å². The Morgan fingerprint density at radius 2 is 2.29 bits per heavy atom. The first-order valence-corrected chi connectivity index (χ1v) is 4.24. The Bertz CT molecular complexity index is 477. The summed E-state index contributed by atoms with van der Waals surface area (Å²) in [7, 11) is 0. The highest BCUT2D eigenvalue weighted by atomic mass is 16.1. The fourth-order valence-corrected chi connectivity index (χ4v) is 1.10. The van der Waals surface area contributed by atoms with Gasteiger partial charge in [-0.3, -0.25) is 4.79 Å². The molecule has 14 heavy (non-hydrogen) atoms. The summed E-state index contributed by atoms with van der Waals surface area (Å²) < 4.78 is 1.31. The molecule has 6 heteroatoms. The zero-order chi connectivity index (χ0) is 10.1. The summed E-state index contributed by atoms with van der Waals surface area (Å²) in [5, 5.41) is 15.0. The van der Waals surface area contributed by atoms with E-state index in [0.717, 1.165) is 0 Å². The molecule has 2 heterocycles. The van der Waals surface area contributed by atoms with E-state index in [0.29, 0.717) is 11.3 Å². The number of tetrazole rings is 1. The second kappa shape index (κ2) is 3.13. The van der Waals surface area contributed by atoms with Crippen LogP contribution in [0.3, 0.4) is 0 Å². The lowest BCUT2D eigenvalue weighted by Crippen LogP contribution is -2.09. The number of rotatable bonds is 2. The van der Waals surface area contributed by atoms with Gasteiger partial charge in [-0.2, -0.15) is 5.10 Å². The number of ketones is 1. The zero-order valence-electron chi connectivity index (χ0n) is 7.88. The Balaban J connectivity index is 2.48. The van der Waals surface area contributed by atoms with Crippen molar-refractivity contribution in [1.29, 1.82) is 0 Å². The van der Waals surface area contributed by atoms with Gasteiger partial charge in [0.2, 0.25) is 0 Å². The number of nitrogens with zero attached hydrogens (tertiary/aromatic N) is 5. The van der Waals surface area contributed by atoms with Crippen molar-refractivity contribution in [2.24, 2.45) is 0 Å². The van der Waals surface area contributed by atoms with Gasteiger partial charge < -0.3 is 0 Å². The lowest BCUT2D eigenvalue weighted by atomic mass is 10.0. The molecule has 0 aliphatic rings. The van der Waals surface area contributed by atoms with Crippen LogP contribution in [0.25, 0.3) is 5.65 Å². The van der Waals surface area contributed by atoms with E-state index in [4.69, 9.17) is 0 Å². The van der Waals surface area contributed by atoms with Gasteiger partial charge >= 0.3 is 0 Å². The van der Waals surface area contributed by atoms with Crippen LogP contribution >= 0.6 is 0 Å². The molecule has 0 radical (unpaired) electrons. The van der Waals surface area contributed by atoms with Gasteiger partial charge in [0.05, 0.1) is 11.6 Å². The van der Waals surface area contributed by atoms with Crippen LogP contribution in [0.15, 0.2) is 12.1 Å². The van der Waals surface area contributed by atoms with E-state index in [1.54, 1.807) is 19.1 Å². The molecule has 0 amide bonds. The van der Waals surface area contributed by atoms with Crippen molar-refractivity contribution in [3.8, 4) is 0 Å². The molecule has 0 aliphatic heterocycles. The molecule has 0 N–H and O–H groups in total. The van der Waals surface area contributed by atoms with Crippen LogP contribution in [-0.2, 0) is 4.79 Å². The van der Waals surface area contributed by atoms with Gasteiger partial charge in [-0.1, -0.05) is 0 Å². The van der Waals surface area contributed by atoms with Crippen molar-refractivity contribution in [1.82, 2.24) is 25.3 Å². The second-order valence-corrected chi connectivity index (χ2v) is 3.12. The minimum atomic E-state index is -0.219. The van der Waals surface area contributed by atoms with Gasteiger partial charge in [-0.05, 0) is 36.4 Å². The summed E-state index contributed by atoms with van der Waals surface area (Å²) in [6, 6.07) is 3.50. The average molecular weight is 191 g/mol. The third kappa shape index (κ3) is 1.34. The third-order valence-electron chi connectivity index (χ3n) is 2.14. The number of hydrogen-bond acceptors (Lipinski definition) is 5. The SMILES string of the molecule is CC(=O)C(C)c1ccc2nnnn2n1. The van der Waals surface area contributed by atoms with E-state index >= 15 is 0 Å². The van der Waals surface area contributed by atoms with Gasteiger partial charge in [0, 0.05) is 0 Å². The topological polar surface area (TPSA) is 73.0 Å². The molecule has 1 atom stereocenters. The lowest BCUT2D eigenvalue weighted by Gasteiger charge is -2.04. The van der Waals surface area contributed by atoms with Crippen LogP contribution in [0.4, 0.5) is 0 Å². The predicted octanol–water partition coefficient (Wildman–Crippen LogP) is 0.212. The molecular weight excluding hydrogens is 182 g/mol. The number of hydrogen-bond donors (Lipinski definition) is 0. The molecule has 0 fully saturated rings. The van der Waals surface area contributed by atoms with Crippen molar-refractivity contribution < 1.29 is 4.79 Å². The molecule has 0 spiro atoms. The van der Waals surface area contributed by atoms with Crippen LogP contribution in [0.1, 0.15) is 25.5 Å². The van der Waals surface area contributed by atoms with Crippen molar-refractivity contribution in [2.75, 3.05) is 0 Å². The Morgan fingerprint density at radius 1 is 1.50 bits per heavy atom. The number of fused-ring (bicyclic) bond motifs is 1. The normalized spacial score (nSPS) is 13.0. The lowest BCUT2D eigenvalue weighted by molar-refractivity contribution is -0.118. The molecule has 72 valence electrons. The van der Waals surface area contributed by atoms with Gasteiger partial charge in [0.1, 0.15) is 5.78 Å². The molecule has 0 bridgehead atoms. The summed E-state index contributed by atoms with van der Waals surface area (Å²) in [5.41, 5.74) is 1.25. The fraction of sp³-hybridized carbons (Fsp3) is 0.375. The van der Waals surface area contributed by atoms with Crippen molar-refractivity contribution in [3.05, 3.63) is 17.8 Å². The molecule has 2 aromatic heterocycles. The summed E-state index contributed by atoms with van der Waals surface area (Å²) >= 11 is 0. The monoisotopic (exact) mass is 191 g/mol. The Kier molecular flexibility index (Phi) is 1.95. The maximum Gasteiger partial charge on any atom is 0.199 e.